The van der Waals surface area contributed by atoms with Crippen molar-refractivity contribution in [3.8, 4) is 11.5 Å². The van der Waals surface area contributed by atoms with Gasteiger partial charge in [0.05, 0.1) is 20.3 Å². The second-order valence-electron chi connectivity index (χ2n) is 7.89. The number of amides is 1. The predicted molar refractivity (Wildman–Crippen MR) is 134 cm³/mol. The zero-order chi connectivity index (χ0) is 24.1. The van der Waals surface area contributed by atoms with Gasteiger partial charge in [0.25, 0.3) is 5.91 Å². The maximum absolute atomic E-state index is 13.2. The third kappa shape index (κ3) is 5.29. The summed E-state index contributed by atoms with van der Waals surface area (Å²) in [4.78, 5) is 14.3. The molecule has 174 valence electrons. The van der Waals surface area contributed by atoms with Gasteiger partial charge in [0, 0.05) is 4.90 Å². The molecular formula is C28H27NO4S. The largest absolute Gasteiger partial charge is 0.497 e. The number of hydrogen-bond donors (Lipinski definition) is 1. The summed E-state index contributed by atoms with van der Waals surface area (Å²) in [7, 11) is 3.26. The Morgan fingerprint density at radius 2 is 1.32 bits per heavy atom. The van der Waals surface area contributed by atoms with Crippen molar-refractivity contribution in [1.82, 2.24) is 5.32 Å². The van der Waals surface area contributed by atoms with Gasteiger partial charge in [-0.2, -0.15) is 0 Å². The highest BCUT2D eigenvalue weighted by atomic mass is 32.2. The van der Waals surface area contributed by atoms with Crippen LogP contribution in [-0.2, 0) is 0 Å². The maximum Gasteiger partial charge on any atom is 0.287 e. The fourth-order valence-electron chi connectivity index (χ4n) is 3.71. The molecule has 3 aromatic carbocycles. The number of carbonyl (C=O) groups excluding carboxylic acids is 1. The van der Waals surface area contributed by atoms with Crippen LogP contribution in [0.25, 0.3) is 0 Å². The number of benzene rings is 3. The third-order valence-electron chi connectivity index (χ3n) is 5.59. The van der Waals surface area contributed by atoms with E-state index < -0.39 is 0 Å². The van der Waals surface area contributed by atoms with E-state index >= 15 is 0 Å². The molecule has 5 nitrogen and oxygen atoms in total. The third-order valence-corrected chi connectivity index (χ3v) is 6.86. The molecule has 0 radical (unpaired) electrons. The van der Waals surface area contributed by atoms with Gasteiger partial charge in [0.15, 0.2) is 10.9 Å². The summed E-state index contributed by atoms with van der Waals surface area (Å²) in [5.41, 5.74) is 4.20. The van der Waals surface area contributed by atoms with E-state index in [9.17, 15) is 4.79 Å². The number of hydrogen-bond acceptors (Lipinski definition) is 5. The van der Waals surface area contributed by atoms with Crippen molar-refractivity contribution >= 4 is 17.7 Å². The second-order valence-corrected chi connectivity index (χ2v) is 8.91. The van der Waals surface area contributed by atoms with Crippen LogP contribution in [0.1, 0.15) is 38.9 Å². The predicted octanol–water partition coefficient (Wildman–Crippen LogP) is 6.58. The topological polar surface area (TPSA) is 60.7 Å². The Morgan fingerprint density at radius 3 is 1.82 bits per heavy atom. The molecule has 4 aromatic rings. The van der Waals surface area contributed by atoms with Gasteiger partial charge < -0.3 is 19.2 Å². The molecule has 0 aliphatic heterocycles. The van der Waals surface area contributed by atoms with E-state index in [4.69, 9.17) is 13.9 Å². The van der Waals surface area contributed by atoms with Crippen LogP contribution in [0.2, 0.25) is 0 Å². The smallest absolute Gasteiger partial charge is 0.287 e. The summed E-state index contributed by atoms with van der Waals surface area (Å²) in [6, 6.07) is 24.6. The number of carbonyl (C=O) groups is 1. The maximum atomic E-state index is 13.2. The molecule has 0 fully saturated rings. The Kier molecular flexibility index (Phi) is 7.28. The van der Waals surface area contributed by atoms with Crippen molar-refractivity contribution in [2.45, 2.75) is 29.9 Å². The van der Waals surface area contributed by atoms with Crippen molar-refractivity contribution in [3.05, 3.63) is 107 Å². The normalized spacial score (nSPS) is 10.9. The van der Waals surface area contributed by atoms with E-state index in [0.29, 0.717) is 5.09 Å². The van der Waals surface area contributed by atoms with E-state index in [1.165, 1.54) is 22.9 Å². The molecule has 0 unspecified atom stereocenters. The molecule has 6 heteroatoms. The molecule has 34 heavy (non-hydrogen) atoms. The highest BCUT2D eigenvalue weighted by Gasteiger charge is 2.21. The molecular weight excluding hydrogens is 446 g/mol. The Labute approximate surface area is 204 Å². The van der Waals surface area contributed by atoms with Crippen LogP contribution >= 0.6 is 11.8 Å². The molecule has 1 N–H and O–H groups in total. The van der Waals surface area contributed by atoms with Crippen LogP contribution in [0.4, 0.5) is 0 Å². The first-order valence-electron chi connectivity index (χ1n) is 10.9. The average Bonchev–Trinajstić information content (AvgIpc) is 3.34. The van der Waals surface area contributed by atoms with Gasteiger partial charge in [-0.05, 0) is 72.5 Å². The lowest BCUT2D eigenvalue weighted by Gasteiger charge is -2.20. The van der Waals surface area contributed by atoms with E-state index in [2.05, 4.69) is 31.3 Å². The van der Waals surface area contributed by atoms with Crippen molar-refractivity contribution in [2.24, 2.45) is 0 Å². The number of aryl methyl sites for hydroxylation is 2. The molecule has 1 amide bonds. The summed E-state index contributed by atoms with van der Waals surface area (Å²) in [5, 5.41) is 3.79. The van der Waals surface area contributed by atoms with Gasteiger partial charge >= 0.3 is 0 Å². The fourth-order valence-corrected chi connectivity index (χ4v) is 4.64. The monoisotopic (exact) mass is 473 g/mol. The number of ether oxygens (including phenoxy) is 2. The van der Waals surface area contributed by atoms with Crippen LogP contribution in [-0.4, -0.2) is 20.1 Å². The summed E-state index contributed by atoms with van der Waals surface area (Å²) in [5.74, 6) is 1.48. The van der Waals surface area contributed by atoms with Crippen molar-refractivity contribution in [1.29, 1.82) is 0 Å². The molecule has 1 heterocycles. The number of nitrogens with one attached hydrogen (secondary N) is 1. The summed E-state index contributed by atoms with van der Waals surface area (Å²) < 4.78 is 16.5. The van der Waals surface area contributed by atoms with Gasteiger partial charge in [-0.3, -0.25) is 4.79 Å². The quantitative estimate of drug-likeness (QED) is 0.313. The minimum Gasteiger partial charge on any atom is -0.497 e. The highest BCUT2D eigenvalue weighted by Crippen LogP contribution is 2.34. The minimum atomic E-state index is -0.371. The molecule has 0 aliphatic carbocycles. The lowest BCUT2D eigenvalue weighted by molar-refractivity contribution is 0.0910. The Bertz CT molecular complexity index is 1190. The SMILES string of the molecule is COc1ccc(C(NC(=O)c2ccc(Sc3c(C)cccc3C)o2)c2ccc(OC)cc2)cc1. The van der Waals surface area contributed by atoms with Crippen LogP contribution < -0.4 is 14.8 Å². The van der Waals surface area contributed by atoms with Crippen molar-refractivity contribution < 1.29 is 18.7 Å². The minimum absolute atomic E-state index is 0.265. The zero-order valence-electron chi connectivity index (χ0n) is 19.6. The molecule has 0 aliphatic rings. The summed E-state index contributed by atoms with van der Waals surface area (Å²) in [6.07, 6.45) is 0. The molecule has 1 aromatic heterocycles. The fraction of sp³-hybridized carbons (Fsp3) is 0.179. The Hall–Kier alpha value is -3.64. The van der Waals surface area contributed by atoms with Crippen LogP contribution in [0.3, 0.4) is 0 Å². The van der Waals surface area contributed by atoms with Gasteiger partial charge in [-0.25, -0.2) is 0 Å². The summed E-state index contributed by atoms with van der Waals surface area (Å²) >= 11 is 1.52. The van der Waals surface area contributed by atoms with Gasteiger partial charge in [-0.1, -0.05) is 54.2 Å². The lowest BCUT2D eigenvalue weighted by Crippen LogP contribution is -2.29. The van der Waals surface area contributed by atoms with Gasteiger partial charge in [0.1, 0.15) is 11.5 Å². The molecule has 0 bridgehead atoms. The highest BCUT2D eigenvalue weighted by molar-refractivity contribution is 7.99. The standard InChI is InChI=1S/C28H27NO4S/c1-18-6-5-7-19(2)27(18)34-25-17-16-24(33-25)28(30)29-26(20-8-12-22(31-3)13-9-20)21-10-14-23(32-4)15-11-21/h5-17,26H,1-4H3,(H,29,30). The number of methoxy groups -OCH3 is 2. The second kappa shape index (κ2) is 10.5. The number of rotatable bonds is 8. The van der Waals surface area contributed by atoms with Crippen LogP contribution in [0, 0.1) is 13.8 Å². The van der Waals surface area contributed by atoms with Crippen molar-refractivity contribution in [2.75, 3.05) is 14.2 Å². The average molecular weight is 474 g/mol. The molecule has 4 rings (SSSR count). The first-order valence-corrected chi connectivity index (χ1v) is 11.7. The zero-order valence-corrected chi connectivity index (χ0v) is 20.4. The first kappa shape index (κ1) is 23.5. The van der Waals surface area contributed by atoms with Gasteiger partial charge in [-0.15, -0.1) is 0 Å². The molecule has 0 saturated carbocycles. The van der Waals surface area contributed by atoms with E-state index in [1.54, 1.807) is 20.3 Å². The van der Waals surface area contributed by atoms with E-state index in [-0.39, 0.29) is 17.7 Å². The molecule has 0 atom stereocenters. The lowest BCUT2D eigenvalue weighted by atomic mass is 9.98. The summed E-state index contributed by atoms with van der Waals surface area (Å²) in [6.45, 7) is 4.14. The Balaban J connectivity index is 1.58. The van der Waals surface area contributed by atoms with E-state index in [0.717, 1.165) is 27.5 Å². The van der Waals surface area contributed by atoms with Crippen LogP contribution in [0.5, 0.6) is 11.5 Å². The van der Waals surface area contributed by atoms with Crippen molar-refractivity contribution in [3.63, 3.8) is 0 Å². The van der Waals surface area contributed by atoms with E-state index in [1.807, 2.05) is 60.7 Å². The Morgan fingerprint density at radius 1 is 0.794 bits per heavy atom. The first-order chi connectivity index (χ1) is 16.5. The molecule has 0 saturated heterocycles. The molecule has 0 spiro atoms. The number of furan rings is 1. The van der Waals surface area contributed by atoms with Gasteiger partial charge in [0.2, 0.25) is 0 Å². The van der Waals surface area contributed by atoms with Crippen LogP contribution in [0.15, 0.2) is 93.3 Å².